The summed E-state index contributed by atoms with van der Waals surface area (Å²) in [6.45, 7) is 6.61. The van der Waals surface area contributed by atoms with Crippen LogP contribution >= 0.6 is 0 Å². The van der Waals surface area contributed by atoms with E-state index in [-0.39, 0.29) is 11.7 Å². The number of carbonyl (C=O) groups excluding carboxylic acids is 1. The van der Waals surface area contributed by atoms with E-state index in [2.05, 4.69) is 6.08 Å². The van der Waals surface area contributed by atoms with Crippen LogP contribution in [0.15, 0.2) is 52.9 Å². The molecule has 0 N–H and O–H groups in total. The lowest BCUT2D eigenvalue weighted by atomic mass is 9.99. The number of fused-ring (bicyclic) bond motifs is 1. The van der Waals surface area contributed by atoms with Crippen LogP contribution in [0.3, 0.4) is 0 Å². The van der Waals surface area contributed by atoms with Gasteiger partial charge in [0.2, 0.25) is 0 Å². The van der Waals surface area contributed by atoms with E-state index in [1.165, 1.54) is 0 Å². The Morgan fingerprint density at radius 3 is 2.59 bits per heavy atom. The minimum Gasteiger partial charge on any atom is -0.497 e. The highest BCUT2D eigenvalue weighted by molar-refractivity contribution is 5.76. The molecule has 1 aliphatic heterocycles. The summed E-state index contributed by atoms with van der Waals surface area (Å²) >= 11 is 0. The van der Waals surface area contributed by atoms with Gasteiger partial charge in [-0.1, -0.05) is 6.08 Å². The maximum absolute atomic E-state index is 13.0. The first-order chi connectivity index (χ1) is 16.2. The summed E-state index contributed by atoms with van der Waals surface area (Å²) in [6.07, 6.45) is 7.58. The summed E-state index contributed by atoms with van der Waals surface area (Å²) in [4.78, 5) is 31.9. The van der Waals surface area contributed by atoms with E-state index in [9.17, 15) is 9.59 Å². The van der Waals surface area contributed by atoms with E-state index in [1.807, 2.05) is 39.0 Å². The average Bonchev–Trinajstić information content (AvgIpc) is 2.82. The molecule has 180 valence electrons. The first-order valence-electron chi connectivity index (χ1n) is 11.4. The highest BCUT2D eigenvalue weighted by Gasteiger charge is 2.25. The molecule has 0 saturated heterocycles. The van der Waals surface area contributed by atoms with Gasteiger partial charge in [0.05, 0.1) is 19.9 Å². The molecular formula is C26H31N3O5. The summed E-state index contributed by atoms with van der Waals surface area (Å²) in [5.74, 6) is 1.44. The van der Waals surface area contributed by atoms with Crippen LogP contribution in [0.2, 0.25) is 0 Å². The third-order valence-electron chi connectivity index (χ3n) is 5.83. The monoisotopic (exact) mass is 465 g/mol. The molecule has 8 nitrogen and oxygen atoms in total. The SMILES string of the molecule is COC1=C(OC)CCC(c2cc(=O)n3cc(C4=CCCN(C(=O)OC(C)(C)C)C4)ccc3n2)=C1. The summed E-state index contributed by atoms with van der Waals surface area (Å²) in [6, 6.07) is 5.33. The molecule has 2 aliphatic rings. The van der Waals surface area contributed by atoms with Crippen LogP contribution in [-0.2, 0) is 14.2 Å². The zero-order valence-electron chi connectivity index (χ0n) is 20.4. The number of amides is 1. The van der Waals surface area contributed by atoms with Crippen molar-refractivity contribution in [1.82, 2.24) is 14.3 Å². The van der Waals surface area contributed by atoms with Crippen molar-refractivity contribution in [3.8, 4) is 0 Å². The van der Waals surface area contributed by atoms with Gasteiger partial charge in [-0.15, -0.1) is 0 Å². The fourth-order valence-corrected chi connectivity index (χ4v) is 4.15. The Kier molecular flexibility index (Phi) is 6.50. The fraction of sp³-hybridized carbons (Fsp3) is 0.423. The molecular weight excluding hydrogens is 434 g/mol. The van der Waals surface area contributed by atoms with Crippen LogP contribution < -0.4 is 5.56 Å². The summed E-state index contributed by atoms with van der Waals surface area (Å²) < 4.78 is 17.9. The zero-order valence-corrected chi connectivity index (χ0v) is 20.4. The Morgan fingerprint density at radius 2 is 1.88 bits per heavy atom. The topological polar surface area (TPSA) is 82.4 Å². The lowest BCUT2D eigenvalue weighted by Crippen LogP contribution is -2.39. The molecule has 0 saturated carbocycles. The minimum absolute atomic E-state index is 0.163. The molecule has 0 unspecified atom stereocenters. The number of aromatic nitrogens is 2. The molecule has 0 aromatic carbocycles. The van der Waals surface area contributed by atoms with Gasteiger partial charge >= 0.3 is 6.09 Å². The highest BCUT2D eigenvalue weighted by Crippen LogP contribution is 2.30. The molecule has 4 rings (SSSR count). The van der Waals surface area contributed by atoms with Crippen molar-refractivity contribution in [2.75, 3.05) is 27.3 Å². The van der Waals surface area contributed by atoms with Crippen molar-refractivity contribution in [2.24, 2.45) is 0 Å². The van der Waals surface area contributed by atoms with Crippen molar-refractivity contribution in [3.05, 3.63) is 69.7 Å². The maximum Gasteiger partial charge on any atom is 0.410 e. The quantitative estimate of drug-likeness (QED) is 0.666. The van der Waals surface area contributed by atoms with E-state index in [0.717, 1.165) is 28.9 Å². The molecule has 34 heavy (non-hydrogen) atoms. The first kappa shape index (κ1) is 23.6. The number of ether oxygens (including phenoxy) is 3. The average molecular weight is 466 g/mol. The fourth-order valence-electron chi connectivity index (χ4n) is 4.15. The molecule has 0 atom stereocenters. The van der Waals surface area contributed by atoms with E-state index in [1.54, 1.807) is 35.8 Å². The molecule has 0 radical (unpaired) electrons. The Labute approximate surface area is 199 Å². The second-order valence-corrected chi connectivity index (χ2v) is 9.41. The number of nitrogens with zero attached hydrogens (tertiary/aromatic N) is 3. The van der Waals surface area contributed by atoms with Crippen molar-refractivity contribution < 1.29 is 19.0 Å². The first-order valence-corrected chi connectivity index (χ1v) is 11.4. The van der Waals surface area contributed by atoms with Crippen LogP contribution in [0, 0.1) is 0 Å². The number of methoxy groups -OCH3 is 2. The van der Waals surface area contributed by atoms with Crippen molar-refractivity contribution >= 4 is 22.9 Å². The Bertz CT molecular complexity index is 1260. The zero-order chi connectivity index (χ0) is 24.5. The molecule has 2 aromatic heterocycles. The van der Waals surface area contributed by atoms with Crippen LogP contribution in [0.4, 0.5) is 4.79 Å². The summed E-state index contributed by atoms with van der Waals surface area (Å²) in [5, 5.41) is 0. The largest absolute Gasteiger partial charge is 0.497 e. The van der Waals surface area contributed by atoms with Gasteiger partial charge in [-0.05, 0) is 68.5 Å². The van der Waals surface area contributed by atoms with Gasteiger partial charge in [0.1, 0.15) is 17.0 Å². The van der Waals surface area contributed by atoms with E-state index >= 15 is 0 Å². The van der Waals surface area contributed by atoms with Crippen LogP contribution in [0.5, 0.6) is 0 Å². The smallest absolute Gasteiger partial charge is 0.410 e. The van der Waals surface area contributed by atoms with Crippen LogP contribution in [-0.4, -0.2) is 53.3 Å². The molecule has 3 heterocycles. The predicted molar refractivity (Wildman–Crippen MR) is 130 cm³/mol. The van der Waals surface area contributed by atoms with Gasteiger partial charge < -0.3 is 19.1 Å². The predicted octanol–water partition coefficient (Wildman–Crippen LogP) is 4.40. The van der Waals surface area contributed by atoms with Crippen molar-refractivity contribution in [2.45, 2.75) is 45.6 Å². The lowest BCUT2D eigenvalue weighted by Gasteiger charge is -2.30. The minimum atomic E-state index is -0.545. The molecule has 1 amide bonds. The van der Waals surface area contributed by atoms with E-state index < -0.39 is 5.60 Å². The third-order valence-corrected chi connectivity index (χ3v) is 5.83. The van der Waals surface area contributed by atoms with Crippen molar-refractivity contribution in [1.29, 1.82) is 0 Å². The molecule has 1 aliphatic carbocycles. The summed E-state index contributed by atoms with van der Waals surface area (Å²) in [5.41, 5.74) is 3.28. The van der Waals surface area contributed by atoms with Gasteiger partial charge in [0.15, 0.2) is 5.76 Å². The number of carbonyl (C=O) groups is 1. The van der Waals surface area contributed by atoms with E-state index in [0.29, 0.717) is 43.0 Å². The van der Waals surface area contributed by atoms with Crippen molar-refractivity contribution in [3.63, 3.8) is 0 Å². The second-order valence-electron chi connectivity index (χ2n) is 9.41. The van der Waals surface area contributed by atoms with Gasteiger partial charge in [-0.25, -0.2) is 9.78 Å². The Balaban J connectivity index is 1.61. The highest BCUT2D eigenvalue weighted by atomic mass is 16.6. The normalized spacial score (nSPS) is 16.8. The van der Waals surface area contributed by atoms with Crippen LogP contribution in [0.25, 0.3) is 16.8 Å². The molecule has 2 aromatic rings. The van der Waals surface area contributed by atoms with Gasteiger partial charge in [0.25, 0.3) is 5.56 Å². The number of hydrogen-bond donors (Lipinski definition) is 0. The molecule has 8 heteroatoms. The molecule has 0 bridgehead atoms. The van der Waals surface area contributed by atoms with E-state index in [4.69, 9.17) is 19.2 Å². The maximum atomic E-state index is 13.0. The van der Waals surface area contributed by atoms with Gasteiger partial charge in [-0.3, -0.25) is 9.20 Å². The van der Waals surface area contributed by atoms with Crippen LogP contribution in [0.1, 0.15) is 51.3 Å². The number of pyridine rings is 1. The number of hydrogen-bond acceptors (Lipinski definition) is 6. The van der Waals surface area contributed by atoms with Gasteiger partial charge in [-0.2, -0.15) is 0 Å². The third kappa shape index (κ3) is 5.00. The molecule has 0 fully saturated rings. The number of rotatable bonds is 4. The Morgan fingerprint density at radius 1 is 1.09 bits per heavy atom. The standard InChI is InChI=1S/C26H31N3O5/c1-26(2,3)34-25(31)28-12-6-7-18(15-28)19-9-11-23-27-20(14-24(30)29(23)16-19)17-8-10-21(32-4)22(13-17)33-5/h7,9,11,13-14,16H,6,8,10,12,15H2,1-5H3. The molecule has 0 spiro atoms. The number of allylic oxidation sites excluding steroid dienone is 3. The second kappa shape index (κ2) is 9.37. The van der Waals surface area contributed by atoms with Gasteiger partial charge in [0, 0.05) is 31.8 Å². The summed E-state index contributed by atoms with van der Waals surface area (Å²) in [7, 11) is 3.22. The Hall–Kier alpha value is -3.55. The lowest BCUT2D eigenvalue weighted by molar-refractivity contribution is 0.0273.